The maximum Gasteiger partial charge on any atom is 0.138 e. The standard InChI is InChI=1S/C32H33N5/c1-5-24-7-10-25(11-8-24)26-12-14-36(15-13-26)23(4)27-9-6-22(3)28(16-27)32-34-29-17-31(33-18-30(29)35-32)37-19-21(2)20-37/h1,6-11,16-18,21,26H,4,12-15,19-20H2,2-3H3,(H,34,35). The number of nitrogens with one attached hydrogen (secondary N) is 1. The second-order valence-corrected chi connectivity index (χ2v) is 10.7. The molecule has 0 aliphatic carbocycles. The van der Waals surface area contributed by atoms with Crippen LogP contribution in [-0.2, 0) is 0 Å². The topological polar surface area (TPSA) is 48.1 Å². The second kappa shape index (κ2) is 9.44. The van der Waals surface area contributed by atoms with E-state index in [1.807, 2.05) is 6.20 Å². The predicted octanol–water partition coefficient (Wildman–Crippen LogP) is 6.22. The lowest BCUT2D eigenvalue weighted by molar-refractivity contribution is 0.299. The molecule has 2 saturated heterocycles. The minimum atomic E-state index is 0.568. The molecule has 0 bridgehead atoms. The van der Waals surface area contributed by atoms with E-state index in [0.29, 0.717) is 5.92 Å². The largest absolute Gasteiger partial charge is 0.371 e. The highest BCUT2D eigenvalue weighted by Gasteiger charge is 2.25. The van der Waals surface area contributed by atoms with E-state index in [1.165, 1.54) is 11.1 Å². The van der Waals surface area contributed by atoms with E-state index in [4.69, 9.17) is 11.4 Å². The van der Waals surface area contributed by atoms with Crippen molar-refractivity contribution in [3.63, 3.8) is 0 Å². The van der Waals surface area contributed by atoms with Crippen LogP contribution in [0.2, 0.25) is 0 Å². The summed E-state index contributed by atoms with van der Waals surface area (Å²) >= 11 is 0. The zero-order chi connectivity index (χ0) is 25.5. The minimum absolute atomic E-state index is 0.568. The van der Waals surface area contributed by atoms with Gasteiger partial charge in [-0.1, -0.05) is 43.7 Å². The normalized spacial score (nSPS) is 16.6. The highest BCUT2D eigenvalue weighted by Crippen LogP contribution is 2.34. The first-order valence-corrected chi connectivity index (χ1v) is 13.2. The molecule has 2 fully saturated rings. The molecule has 4 heterocycles. The molecule has 0 saturated carbocycles. The molecule has 4 aromatic rings. The average molecular weight is 488 g/mol. The molecule has 2 aliphatic rings. The Labute approximate surface area is 219 Å². The first-order chi connectivity index (χ1) is 18.0. The van der Waals surface area contributed by atoms with Crippen LogP contribution in [0.4, 0.5) is 5.82 Å². The minimum Gasteiger partial charge on any atom is -0.371 e. The van der Waals surface area contributed by atoms with E-state index in [9.17, 15) is 0 Å². The van der Waals surface area contributed by atoms with Crippen LogP contribution in [0, 0.1) is 25.2 Å². The lowest BCUT2D eigenvalue weighted by Gasteiger charge is -2.38. The van der Waals surface area contributed by atoms with Gasteiger partial charge in [-0.2, -0.15) is 0 Å². The van der Waals surface area contributed by atoms with Gasteiger partial charge in [0.1, 0.15) is 11.6 Å². The van der Waals surface area contributed by atoms with Crippen molar-refractivity contribution in [2.24, 2.45) is 5.92 Å². The van der Waals surface area contributed by atoms with Gasteiger partial charge < -0.3 is 14.8 Å². The van der Waals surface area contributed by atoms with E-state index < -0.39 is 0 Å². The molecule has 5 heteroatoms. The molecule has 5 nitrogen and oxygen atoms in total. The van der Waals surface area contributed by atoms with E-state index in [0.717, 1.165) is 90.0 Å². The summed E-state index contributed by atoms with van der Waals surface area (Å²) < 4.78 is 0. The van der Waals surface area contributed by atoms with Crippen LogP contribution >= 0.6 is 0 Å². The van der Waals surface area contributed by atoms with Crippen LogP contribution in [0.15, 0.2) is 61.3 Å². The first kappa shape index (κ1) is 23.4. The van der Waals surface area contributed by atoms with Gasteiger partial charge >= 0.3 is 0 Å². The molecule has 0 radical (unpaired) electrons. The second-order valence-electron chi connectivity index (χ2n) is 10.7. The van der Waals surface area contributed by atoms with Crippen LogP contribution in [-0.4, -0.2) is 46.0 Å². The number of anilines is 1. The first-order valence-electron chi connectivity index (χ1n) is 13.2. The number of terminal acetylenes is 1. The third-order valence-corrected chi connectivity index (χ3v) is 7.99. The third-order valence-electron chi connectivity index (χ3n) is 7.99. The maximum atomic E-state index is 5.51. The number of aryl methyl sites for hydroxylation is 1. The third kappa shape index (κ3) is 4.49. The number of hydrogen-bond donors (Lipinski definition) is 1. The van der Waals surface area contributed by atoms with E-state index in [1.54, 1.807) is 0 Å². The molecule has 2 aliphatic heterocycles. The Kier molecular flexibility index (Phi) is 5.96. The smallest absolute Gasteiger partial charge is 0.138 e. The van der Waals surface area contributed by atoms with Crippen molar-refractivity contribution in [1.82, 2.24) is 19.9 Å². The van der Waals surface area contributed by atoms with E-state index in [-0.39, 0.29) is 0 Å². The number of hydrogen-bond acceptors (Lipinski definition) is 4. The van der Waals surface area contributed by atoms with Crippen molar-refractivity contribution in [2.75, 3.05) is 31.1 Å². The number of aromatic amines is 1. The molecular weight excluding hydrogens is 454 g/mol. The fourth-order valence-corrected chi connectivity index (χ4v) is 5.66. The van der Waals surface area contributed by atoms with Gasteiger partial charge in [0.25, 0.3) is 0 Å². The fourth-order valence-electron chi connectivity index (χ4n) is 5.66. The van der Waals surface area contributed by atoms with Crippen molar-refractivity contribution < 1.29 is 0 Å². The quantitative estimate of drug-likeness (QED) is 0.340. The number of benzene rings is 2. The Bertz CT molecular complexity index is 1490. The Morgan fingerprint density at radius 3 is 2.54 bits per heavy atom. The van der Waals surface area contributed by atoms with Gasteiger partial charge in [0, 0.05) is 49.1 Å². The summed E-state index contributed by atoms with van der Waals surface area (Å²) in [5.74, 6) is 5.90. The number of aromatic nitrogens is 3. The van der Waals surface area contributed by atoms with Crippen molar-refractivity contribution in [1.29, 1.82) is 0 Å². The molecule has 186 valence electrons. The zero-order valence-corrected chi connectivity index (χ0v) is 21.7. The summed E-state index contributed by atoms with van der Waals surface area (Å²) in [5.41, 5.74) is 8.77. The van der Waals surface area contributed by atoms with Crippen LogP contribution in [0.25, 0.3) is 28.1 Å². The molecule has 2 aromatic carbocycles. The summed E-state index contributed by atoms with van der Waals surface area (Å²) in [7, 11) is 0. The summed E-state index contributed by atoms with van der Waals surface area (Å²) in [6.07, 6.45) is 9.65. The molecule has 0 spiro atoms. The molecule has 0 atom stereocenters. The van der Waals surface area contributed by atoms with Gasteiger partial charge in [-0.15, -0.1) is 6.42 Å². The zero-order valence-electron chi connectivity index (χ0n) is 21.7. The highest BCUT2D eigenvalue weighted by atomic mass is 15.2. The maximum absolute atomic E-state index is 5.51. The van der Waals surface area contributed by atoms with Crippen LogP contribution in [0.3, 0.4) is 0 Å². The highest BCUT2D eigenvalue weighted by molar-refractivity contribution is 5.82. The van der Waals surface area contributed by atoms with E-state index in [2.05, 4.69) is 94.6 Å². The number of nitrogens with zero attached hydrogens (tertiary/aromatic N) is 4. The van der Waals surface area contributed by atoms with Gasteiger partial charge in [-0.05, 0) is 66.5 Å². The molecule has 0 unspecified atom stereocenters. The predicted molar refractivity (Wildman–Crippen MR) is 152 cm³/mol. The van der Waals surface area contributed by atoms with Crippen LogP contribution in [0.5, 0.6) is 0 Å². The molecule has 37 heavy (non-hydrogen) atoms. The molecule has 0 amide bonds. The lowest BCUT2D eigenvalue weighted by atomic mass is 9.88. The number of piperidine rings is 1. The Morgan fingerprint density at radius 2 is 1.84 bits per heavy atom. The van der Waals surface area contributed by atoms with Gasteiger partial charge in [0.2, 0.25) is 0 Å². The SMILES string of the molecule is C#Cc1ccc(C2CCN(C(=C)c3ccc(C)c(-c4nc5cc(N6CC(C)C6)ncc5[nH]4)c3)CC2)cc1. The van der Waals surface area contributed by atoms with E-state index >= 15 is 0 Å². The summed E-state index contributed by atoms with van der Waals surface area (Å²) in [4.78, 5) is 17.8. The fraction of sp³-hybridized carbons (Fsp3) is 0.312. The van der Waals surface area contributed by atoms with Crippen molar-refractivity contribution in [3.05, 3.63) is 83.6 Å². The summed E-state index contributed by atoms with van der Waals surface area (Å²) in [5, 5.41) is 0. The average Bonchev–Trinajstić information content (AvgIpc) is 3.34. The van der Waals surface area contributed by atoms with Gasteiger partial charge in [0.05, 0.1) is 17.2 Å². The monoisotopic (exact) mass is 487 g/mol. The van der Waals surface area contributed by atoms with Gasteiger partial charge in [0.15, 0.2) is 0 Å². The number of rotatable bonds is 5. The molecule has 2 aromatic heterocycles. The lowest BCUT2D eigenvalue weighted by Crippen LogP contribution is -2.45. The van der Waals surface area contributed by atoms with Gasteiger partial charge in [-0.25, -0.2) is 9.97 Å². The Morgan fingerprint density at radius 1 is 1.08 bits per heavy atom. The number of H-pyrrole nitrogens is 1. The van der Waals surface area contributed by atoms with Crippen molar-refractivity contribution in [3.8, 4) is 23.7 Å². The summed E-state index contributed by atoms with van der Waals surface area (Å²) in [6.45, 7) is 13.0. The van der Waals surface area contributed by atoms with Gasteiger partial charge in [-0.3, -0.25) is 0 Å². The number of pyridine rings is 1. The van der Waals surface area contributed by atoms with Crippen molar-refractivity contribution in [2.45, 2.75) is 32.6 Å². The Hall–Kier alpha value is -4.04. The molecular formula is C32H33N5. The Balaban J connectivity index is 1.18. The van der Waals surface area contributed by atoms with Crippen LogP contribution in [0.1, 0.15) is 47.9 Å². The molecule has 6 rings (SSSR count). The number of imidazole rings is 1. The van der Waals surface area contributed by atoms with Crippen molar-refractivity contribution >= 4 is 22.5 Å². The van der Waals surface area contributed by atoms with Crippen LogP contribution < -0.4 is 4.90 Å². The number of fused-ring (bicyclic) bond motifs is 1. The number of likely N-dealkylation sites (tertiary alicyclic amines) is 1. The molecule has 1 N–H and O–H groups in total. The summed E-state index contributed by atoms with van der Waals surface area (Å²) in [6, 6.07) is 17.2.